The minimum atomic E-state index is 0.0325. The number of morpholine rings is 1. The molecule has 1 N–H and O–H groups in total. The third kappa shape index (κ3) is 4.36. The zero-order valence-electron chi connectivity index (χ0n) is 20.6. The standard InChI is InChI=1S/C28H35N3O4/c1-20-23-16-25-26(35-15-14-34-25)17-24(23)28(8-2-3-9-28)19-31(20)18-27(32)29-21-4-6-22(7-5-21)30-10-12-33-13-11-30/h4-7,16-17,20H,2-3,8-15,18-19H2,1H3,(H,29,32). The molecule has 0 radical (unpaired) electrons. The first kappa shape index (κ1) is 22.7. The molecule has 2 fully saturated rings. The minimum Gasteiger partial charge on any atom is -0.486 e. The van der Waals surface area contributed by atoms with Crippen molar-refractivity contribution in [3.8, 4) is 11.5 Å². The third-order valence-electron chi connectivity index (χ3n) is 8.22. The van der Waals surface area contributed by atoms with Gasteiger partial charge < -0.3 is 24.4 Å². The molecule has 2 aromatic carbocycles. The van der Waals surface area contributed by atoms with Gasteiger partial charge in [-0.2, -0.15) is 0 Å². The van der Waals surface area contributed by atoms with E-state index in [2.05, 4.69) is 46.3 Å². The predicted molar refractivity (Wildman–Crippen MR) is 136 cm³/mol. The van der Waals surface area contributed by atoms with Gasteiger partial charge in [0.05, 0.1) is 19.8 Å². The molecule has 3 heterocycles. The molecule has 3 aliphatic heterocycles. The van der Waals surface area contributed by atoms with Crippen LogP contribution >= 0.6 is 0 Å². The van der Waals surface area contributed by atoms with E-state index in [1.165, 1.54) is 29.7 Å². The number of fused-ring (bicyclic) bond motifs is 3. The lowest BCUT2D eigenvalue weighted by molar-refractivity contribution is -0.118. The van der Waals surface area contributed by atoms with Gasteiger partial charge in [0.25, 0.3) is 0 Å². The number of rotatable bonds is 4. The van der Waals surface area contributed by atoms with Crippen LogP contribution in [0.25, 0.3) is 0 Å². The highest BCUT2D eigenvalue weighted by molar-refractivity contribution is 5.92. The Bertz CT molecular complexity index is 1070. The maximum Gasteiger partial charge on any atom is 0.238 e. The molecular weight excluding hydrogens is 442 g/mol. The second kappa shape index (κ2) is 9.36. The Morgan fingerprint density at radius 1 is 1.00 bits per heavy atom. The summed E-state index contributed by atoms with van der Waals surface area (Å²) in [4.78, 5) is 17.8. The van der Waals surface area contributed by atoms with Crippen molar-refractivity contribution in [2.45, 2.75) is 44.1 Å². The van der Waals surface area contributed by atoms with Crippen LogP contribution in [0.3, 0.4) is 0 Å². The quantitative estimate of drug-likeness (QED) is 0.715. The summed E-state index contributed by atoms with van der Waals surface area (Å²) in [6, 6.07) is 12.7. The summed E-state index contributed by atoms with van der Waals surface area (Å²) in [5, 5.41) is 3.12. The highest BCUT2D eigenvalue weighted by Gasteiger charge is 2.45. The molecular formula is C28H35N3O4. The van der Waals surface area contributed by atoms with Crippen molar-refractivity contribution in [3.63, 3.8) is 0 Å². The summed E-state index contributed by atoms with van der Waals surface area (Å²) in [5.41, 5.74) is 4.79. The number of benzene rings is 2. The zero-order valence-corrected chi connectivity index (χ0v) is 20.6. The summed E-state index contributed by atoms with van der Waals surface area (Å²) in [6.07, 6.45) is 4.79. The summed E-state index contributed by atoms with van der Waals surface area (Å²) in [6.45, 7) is 8.02. The van der Waals surface area contributed by atoms with Crippen molar-refractivity contribution < 1.29 is 19.0 Å². The van der Waals surface area contributed by atoms with Gasteiger partial charge in [-0.05, 0) is 67.3 Å². The van der Waals surface area contributed by atoms with Crippen molar-refractivity contribution in [1.82, 2.24) is 4.90 Å². The van der Waals surface area contributed by atoms with Gasteiger partial charge in [-0.3, -0.25) is 9.69 Å². The summed E-state index contributed by atoms with van der Waals surface area (Å²) >= 11 is 0. The normalized spacial score (nSPS) is 23.2. The second-order valence-electron chi connectivity index (χ2n) is 10.3. The molecule has 1 amide bonds. The van der Waals surface area contributed by atoms with E-state index in [1.54, 1.807) is 0 Å². The Morgan fingerprint density at radius 2 is 1.69 bits per heavy atom. The lowest BCUT2D eigenvalue weighted by Gasteiger charge is -2.46. The first-order valence-electron chi connectivity index (χ1n) is 13.0. The van der Waals surface area contributed by atoms with E-state index in [9.17, 15) is 4.79 Å². The van der Waals surface area contributed by atoms with Crippen LogP contribution in [0.5, 0.6) is 11.5 Å². The molecule has 4 aliphatic rings. The number of carbonyl (C=O) groups is 1. The molecule has 1 atom stereocenters. The Hall–Kier alpha value is -2.77. The number of carbonyl (C=O) groups excluding carboxylic acids is 1. The number of nitrogens with zero attached hydrogens (tertiary/aromatic N) is 2. The van der Waals surface area contributed by atoms with Crippen LogP contribution in [0.4, 0.5) is 11.4 Å². The SMILES string of the molecule is CC1c2cc3c(cc2C2(CCCC2)CN1CC(=O)Nc1ccc(N2CCOCC2)cc1)OCCO3. The highest BCUT2D eigenvalue weighted by Crippen LogP contribution is 2.51. The van der Waals surface area contributed by atoms with Crippen molar-refractivity contribution in [3.05, 3.63) is 47.5 Å². The van der Waals surface area contributed by atoms with E-state index in [-0.39, 0.29) is 17.4 Å². The van der Waals surface area contributed by atoms with Crippen LogP contribution in [0.2, 0.25) is 0 Å². The zero-order chi connectivity index (χ0) is 23.8. The first-order valence-corrected chi connectivity index (χ1v) is 13.0. The van der Waals surface area contributed by atoms with E-state index in [4.69, 9.17) is 14.2 Å². The number of hydrogen-bond donors (Lipinski definition) is 1. The van der Waals surface area contributed by atoms with Gasteiger partial charge in [0.1, 0.15) is 13.2 Å². The maximum absolute atomic E-state index is 13.1. The van der Waals surface area contributed by atoms with E-state index < -0.39 is 0 Å². The molecule has 0 aromatic heterocycles. The van der Waals surface area contributed by atoms with Gasteiger partial charge in [0, 0.05) is 42.5 Å². The molecule has 186 valence electrons. The predicted octanol–water partition coefficient (Wildman–Crippen LogP) is 4.12. The van der Waals surface area contributed by atoms with Crippen LogP contribution in [0, 0.1) is 0 Å². The average molecular weight is 478 g/mol. The molecule has 7 nitrogen and oxygen atoms in total. The fourth-order valence-corrected chi connectivity index (χ4v) is 6.35. The molecule has 1 saturated carbocycles. The monoisotopic (exact) mass is 477 g/mol. The first-order chi connectivity index (χ1) is 17.1. The van der Waals surface area contributed by atoms with Crippen LogP contribution in [-0.2, 0) is 14.9 Å². The molecule has 35 heavy (non-hydrogen) atoms. The molecule has 1 saturated heterocycles. The molecule has 7 heteroatoms. The van der Waals surface area contributed by atoms with Gasteiger partial charge >= 0.3 is 0 Å². The fraction of sp³-hybridized carbons (Fsp3) is 0.536. The number of nitrogens with one attached hydrogen (secondary N) is 1. The number of anilines is 2. The largest absolute Gasteiger partial charge is 0.486 e. The molecule has 0 bridgehead atoms. The minimum absolute atomic E-state index is 0.0325. The van der Waals surface area contributed by atoms with Crippen molar-refractivity contribution >= 4 is 17.3 Å². The van der Waals surface area contributed by atoms with E-state index in [1.807, 2.05) is 12.1 Å². The smallest absolute Gasteiger partial charge is 0.238 e. The van der Waals surface area contributed by atoms with Crippen LogP contribution < -0.4 is 19.7 Å². The van der Waals surface area contributed by atoms with E-state index in [0.717, 1.165) is 62.9 Å². The maximum atomic E-state index is 13.1. The van der Waals surface area contributed by atoms with Crippen LogP contribution in [0.15, 0.2) is 36.4 Å². The summed E-state index contributed by atoms with van der Waals surface area (Å²) in [7, 11) is 0. The van der Waals surface area contributed by atoms with E-state index in [0.29, 0.717) is 19.8 Å². The van der Waals surface area contributed by atoms with Gasteiger partial charge in [-0.25, -0.2) is 0 Å². The highest BCUT2D eigenvalue weighted by atomic mass is 16.6. The number of hydrogen-bond acceptors (Lipinski definition) is 6. The van der Waals surface area contributed by atoms with Crippen LogP contribution in [-0.4, -0.2) is 63.4 Å². The lowest BCUT2D eigenvalue weighted by Crippen LogP contribution is -2.48. The Balaban J connectivity index is 1.18. The number of amides is 1. The van der Waals surface area contributed by atoms with Gasteiger partial charge in [-0.15, -0.1) is 0 Å². The van der Waals surface area contributed by atoms with E-state index >= 15 is 0 Å². The van der Waals surface area contributed by atoms with Crippen molar-refractivity contribution in [2.24, 2.45) is 0 Å². The van der Waals surface area contributed by atoms with Crippen LogP contribution in [0.1, 0.15) is 49.8 Å². The average Bonchev–Trinajstić information content (AvgIpc) is 3.36. The molecule has 1 aliphatic carbocycles. The molecule has 2 aromatic rings. The fourth-order valence-electron chi connectivity index (χ4n) is 6.35. The lowest BCUT2D eigenvalue weighted by atomic mass is 9.71. The molecule has 1 unspecified atom stereocenters. The van der Waals surface area contributed by atoms with Gasteiger partial charge in [0.15, 0.2) is 11.5 Å². The summed E-state index contributed by atoms with van der Waals surface area (Å²) in [5.74, 6) is 1.74. The Labute approximate surface area is 207 Å². The molecule has 6 rings (SSSR count). The second-order valence-corrected chi connectivity index (χ2v) is 10.3. The van der Waals surface area contributed by atoms with Crippen molar-refractivity contribution in [2.75, 3.05) is 62.8 Å². The number of ether oxygens (including phenoxy) is 3. The van der Waals surface area contributed by atoms with Gasteiger partial charge in [0.2, 0.25) is 5.91 Å². The topological polar surface area (TPSA) is 63.3 Å². The molecule has 1 spiro atoms. The third-order valence-corrected chi connectivity index (χ3v) is 8.22. The summed E-state index contributed by atoms with van der Waals surface area (Å²) < 4.78 is 17.3. The van der Waals surface area contributed by atoms with Crippen molar-refractivity contribution in [1.29, 1.82) is 0 Å². The Kier molecular flexibility index (Phi) is 6.06. The van der Waals surface area contributed by atoms with Gasteiger partial charge in [-0.1, -0.05) is 12.8 Å². The Morgan fingerprint density at radius 3 is 2.40 bits per heavy atom.